The fraction of sp³-hybridized carbons (Fsp3) is 1.00. The van der Waals surface area contributed by atoms with E-state index < -0.39 is 10.0 Å². The van der Waals surface area contributed by atoms with Crippen LogP contribution in [0.2, 0.25) is 0 Å². The summed E-state index contributed by atoms with van der Waals surface area (Å²) in [5.41, 5.74) is 0. The molecule has 0 aliphatic heterocycles. The molecule has 0 aromatic heterocycles. The van der Waals surface area contributed by atoms with Gasteiger partial charge in [-0.25, -0.2) is 12.7 Å². The number of hydrogen-bond acceptors (Lipinski definition) is 2. The first-order valence-electron chi connectivity index (χ1n) is 5.17. The smallest absolute Gasteiger partial charge is 0.212 e. The fourth-order valence-corrected chi connectivity index (χ4v) is 3.56. The van der Waals surface area contributed by atoms with Gasteiger partial charge in [0.05, 0.1) is 5.25 Å². The molecule has 0 aromatic rings. The van der Waals surface area contributed by atoms with Crippen LogP contribution in [0, 0.1) is 0 Å². The van der Waals surface area contributed by atoms with Gasteiger partial charge >= 0.3 is 0 Å². The molecule has 1 aliphatic carbocycles. The Hall–Kier alpha value is 0.200. The lowest BCUT2D eigenvalue weighted by molar-refractivity contribution is 0.419. The zero-order chi connectivity index (χ0) is 10.6. The highest BCUT2D eigenvalue weighted by Gasteiger charge is 2.39. The lowest BCUT2D eigenvalue weighted by Crippen LogP contribution is -2.36. The second-order valence-corrected chi connectivity index (χ2v) is 6.28. The van der Waals surface area contributed by atoms with Crippen LogP contribution in [-0.2, 0) is 10.0 Å². The Labute approximate surface area is 91.5 Å². The van der Waals surface area contributed by atoms with E-state index in [0.29, 0.717) is 19.0 Å². The maximum atomic E-state index is 11.9. The Morgan fingerprint density at radius 1 is 1.36 bits per heavy atom. The van der Waals surface area contributed by atoms with Crippen LogP contribution in [0.3, 0.4) is 0 Å². The molecule has 1 saturated carbocycles. The van der Waals surface area contributed by atoms with Crippen LogP contribution < -0.4 is 0 Å². The summed E-state index contributed by atoms with van der Waals surface area (Å²) in [6.07, 6.45) is 3.59. The molecule has 0 unspecified atom stereocenters. The number of nitrogens with zero attached hydrogens (tertiary/aromatic N) is 1. The SMILES string of the molecule is CCCCN(CCCl)S(=O)(=O)C1CC1. The van der Waals surface area contributed by atoms with Gasteiger partial charge in [-0.05, 0) is 19.3 Å². The predicted molar refractivity (Wildman–Crippen MR) is 59.1 cm³/mol. The first kappa shape index (κ1) is 12.3. The molecule has 0 bridgehead atoms. The Bertz CT molecular complexity index is 262. The van der Waals surface area contributed by atoms with Crippen LogP contribution >= 0.6 is 11.6 Å². The number of unbranched alkanes of at least 4 members (excludes halogenated alkanes) is 1. The standard InChI is InChI=1S/C9H18ClNO2S/c1-2-3-7-11(8-6-10)14(12,13)9-4-5-9/h9H,2-8H2,1H3. The van der Waals surface area contributed by atoms with E-state index in [1.165, 1.54) is 0 Å². The Kier molecular flexibility index (Phi) is 4.67. The summed E-state index contributed by atoms with van der Waals surface area (Å²) < 4.78 is 25.3. The van der Waals surface area contributed by atoms with Gasteiger partial charge in [0.15, 0.2) is 0 Å². The van der Waals surface area contributed by atoms with E-state index in [-0.39, 0.29) is 5.25 Å². The average Bonchev–Trinajstić information content (AvgIpc) is 2.94. The molecule has 0 spiro atoms. The summed E-state index contributed by atoms with van der Waals surface area (Å²) in [4.78, 5) is 0. The molecule has 5 heteroatoms. The lowest BCUT2D eigenvalue weighted by Gasteiger charge is -2.20. The molecule has 1 aliphatic rings. The third-order valence-corrected chi connectivity index (χ3v) is 4.97. The molecule has 0 saturated heterocycles. The molecule has 14 heavy (non-hydrogen) atoms. The normalized spacial score (nSPS) is 17.6. The largest absolute Gasteiger partial charge is 0.217 e. The molecule has 1 rings (SSSR count). The van der Waals surface area contributed by atoms with Crippen molar-refractivity contribution in [3.05, 3.63) is 0 Å². The zero-order valence-electron chi connectivity index (χ0n) is 8.58. The van der Waals surface area contributed by atoms with Gasteiger partial charge in [0.1, 0.15) is 0 Å². The van der Waals surface area contributed by atoms with E-state index in [2.05, 4.69) is 6.92 Å². The van der Waals surface area contributed by atoms with Crippen molar-refractivity contribution < 1.29 is 8.42 Å². The minimum Gasteiger partial charge on any atom is -0.212 e. The van der Waals surface area contributed by atoms with E-state index in [9.17, 15) is 8.42 Å². The summed E-state index contributed by atoms with van der Waals surface area (Å²) in [7, 11) is -3.01. The van der Waals surface area contributed by atoms with Crippen LogP contribution in [0.25, 0.3) is 0 Å². The third-order valence-electron chi connectivity index (χ3n) is 2.40. The number of hydrogen-bond donors (Lipinski definition) is 0. The fourth-order valence-electron chi connectivity index (χ4n) is 1.37. The van der Waals surface area contributed by atoms with Crippen LogP contribution in [0.15, 0.2) is 0 Å². The van der Waals surface area contributed by atoms with E-state index in [1.807, 2.05) is 0 Å². The summed E-state index contributed by atoms with van der Waals surface area (Å²) in [5.74, 6) is 0.385. The third kappa shape index (κ3) is 3.11. The van der Waals surface area contributed by atoms with Gasteiger partial charge < -0.3 is 0 Å². The molecular weight excluding hydrogens is 222 g/mol. The Morgan fingerprint density at radius 2 is 2.00 bits per heavy atom. The van der Waals surface area contributed by atoms with Gasteiger partial charge in [-0.3, -0.25) is 0 Å². The van der Waals surface area contributed by atoms with Gasteiger partial charge in [0.2, 0.25) is 10.0 Å². The summed E-state index contributed by atoms with van der Waals surface area (Å²) in [5, 5.41) is -0.109. The Balaban J connectivity index is 2.55. The van der Waals surface area contributed by atoms with Crippen molar-refractivity contribution in [3.63, 3.8) is 0 Å². The monoisotopic (exact) mass is 239 g/mol. The van der Waals surface area contributed by atoms with Crippen molar-refractivity contribution in [1.82, 2.24) is 4.31 Å². The van der Waals surface area contributed by atoms with Gasteiger partial charge in [-0.2, -0.15) is 0 Å². The number of rotatable bonds is 7. The summed E-state index contributed by atoms with van der Waals surface area (Å²) in [6, 6.07) is 0. The van der Waals surface area contributed by atoms with E-state index in [4.69, 9.17) is 11.6 Å². The van der Waals surface area contributed by atoms with Gasteiger partial charge in [-0.15, -0.1) is 11.6 Å². The van der Waals surface area contributed by atoms with Crippen LogP contribution in [0.4, 0.5) is 0 Å². The quantitative estimate of drug-likeness (QED) is 0.636. The molecule has 3 nitrogen and oxygen atoms in total. The maximum Gasteiger partial charge on any atom is 0.217 e. The second kappa shape index (κ2) is 5.33. The first-order chi connectivity index (χ1) is 6.62. The minimum absolute atomic E-state index is 0.109. The van der Waals surface area contributed by atoms with E-state index >= 15 is 0 Å². The molecule has 0 radical (unpaired) electrons. The first-order valence-corrected chi connectivity index (χ1v) is 7.21. The van der Waals surface area contributed by atoms with Crippen molar-refractivity contribution in [2.45, 2.75) is 37.9 Å². The van der Waals surface area contributed by atoms with Crippen molar-refractivity contribution in [1.29, 1.82) is 0 Å². The van der Waals surface area contributed by atoms with Crippen LogP contribution in [-0.4, -0.2) is 36.9 Å². The van der Waals surface area contributed by atoms with Crippen molar-refractivity contribution >= 4 is 21.6 Å². The molecule has 0 amide bonds. The highest BCUT2D eigenvalue weighted by Crippen LogP contribution is 2.31. The molecule has 0 N–H and O–H groups in total. The van der Waals surface area contributed by atoms with E-state index in [0.717, 1.165) is 25.7 Å². The highest BCUT2D eigenvalue weighted by molar-refractivity contribution is 7.90. The van der Waals surface area contributed by atoms with Crippen molar-refractivity contribution in [2.75, 3.05) is 19.0 Å². The zero-order valence-corrected chi connectivity index (χ0v) is 10.1. The van der Waals surface area contributed by atoms with Gasteiger partial charge in [0, 0.05) is 19.0 Å². The number of halogens is 1. The molecule has 84 valence electrons. The minimum atomic E-state index is -3.01. The lowest BCUT2D eigenvalue weighted by atomic mass is 10.3. The van der Waals surface area contributed by atoms with Crippen molar-refractivity contribution in [2.24, 2.45) is 0 Å². The molecule has 1 fully saturated rings. The topological polar surface area (TPSA) is 37.4 Å². The highest BCUT2D eigenvalue weighted by atomic mass is 35.5. The average molecular weight is 240 g/mol. The molecular formula is C9H18ClNO2S. The number of sulfonamides is 1. The molecule has 0 aromatic carbocycles. The van der Waals surface area contributed by atoms with Gasteiger partial charge in [-0.1, -0.05) is 13.3 Å². The molecule has 0 heterocycles. The Morgan fingerprint density at radius 3 is 2.43 bits per heavy atom. The number of alkyl halides is 1. The van der Waals surface area contributed by atoms with Crippen molar-refractivity contribution in [3.8, 4) is 0 Å². The molecule has 0 atom stereocenters. The second-order valence-electron chi connectivity index (χ2n) is 3.69. The van der Waals surface area contributed by atoms with E-state index in [1.54, 1.807) is 4.31 Å². The van der Waals surface area contributed by atoms with Gasteiger partial charge in [0.25, 0.3) is 0 Å². The maximum absolute atomic E-state index is 11.9. The summed E-state index contributed by atoms with van der Waals surface area (Å²) >= 11 is 5.60. The van der Waals surface area contributed by atoms with Crippen LogP contribution in [0.1, 0.15) is 32.6 Å². The van der Waals surface area contributed by atoms with Crippen LogP contribution in [0.5, 0.6) is 0 Å². The summed E-state index contributed by atoms with van der Waals surface area (Å²) in [6.45, 7) is 3.14. The predicted octanol–water partition coefficient (Wildman–Crippen LogP) is 1.82.